The normalized spacial score (nSPS) is 13.4. The average molecular weight is 884 g/mol. The first-order valence-corrected chi connectivity index (χ1v) is 27.8. The van der Waals surface area contributed by atoms with Gasteiger partial charge in [0.15, 0.2) is 0 Å². The van der Waals surface area contributed by atoms with Gasteiger partial charge in [0.2, 0.25) is 0 Å². The molecular formula is C52H102NO7P. The van der Waals surface area contributed by atoms with Crippen LogP contribution in [0.5, 0.6) is 0 Å². The van der Waals surface area contributed by atoms with E-state index in [0.717, 1.165) is 38.5 Å². The lowest BCUT2D eigenvalue weighted by atomic mass is 10.0. The van der Waals surface area contributed by atoms with E-state index in [-0.39, 0.29) is 32.3 Å². The van der Waals surface area contributed by atoms with Crippen LogP contribution in [0.1, 0.15) is 264 Å². The van der Waals surface area contributed by atoms with Gasteiger partial charge in [-0.15, -0.1) is 0 Å². The number of rotatable bonds is 51. The monoisotopic (exact) mass is 884 g/mol. The van der Waals surface area contributed by atoms with Crippen molar-refractivity contribution in [2.75, 3.05) is 33.0 Å². The summed E-state index contributed by atoms with van der Waals surface area (Å²) in [4.78, 5) is 22.6. The first-order valence-electron chi connectivity index (χ1n) is 26.3. The maximum Gasteiger partial charge on any atom is 0.472 e. The van der Waals surface area contributed by atoms with E-state index in [1.165, 1.54) is 205 Å². The van der Waals surface area contributed by atoms with Gasteiger partial charge < -0.3 is 20.1 Å². The molecule has 0 saturated heterocycles. The summed E-state index contributed by atoms with van der Waals surface area (Å²) < 4.78 is 33.6. The molecule has 0 rings (SSSR count). The highest BCUT2D eigenvalue weighted by molar-refractivity contribution is 7.47. The summed E-state index contributed by atoms with van der Waals surface area (Å²) in [6, 6.07) is 0. The van der Waals surface area contributed by atoms with Crippen molar-refractivity contribution in [3.63, 3.8) is 0 Å². The van der Waals surface area contributed by atoms with Crippen molar-refractivity contribution in [1.82, 2.24) is 0 Å². The molecule has 2 unspecified atom stereocenters. The van der Waals surface area contributed by atoms with Crippen LogP contribution < -0.4 is 5.73 Å². The second kappa shape index (κ2) is 50.0. The molecule has 0 aliphatic heterocycles. The van der Waals surface area contributed by atoms with Crippen LogP contribution in [0.2, 0.25) is 0 Å². The lowest BCUT2D eigenvalue weighted by Crippen LogP contribution is -2.28. The van der Waals surface area contributed by atoms with Gasteiger partial charge in [-0.3, -0.25) is 13.8 Å². The zero-order valence-electron chi connectivity index (χ0n) is 40.4. The maximum atomic E-state index is 12.7. The molecule has 8 nitrogen and oxygen atoms in total. The number of phosphoric ester groups is 1. The van der Waals surface area contributed by atoms with Crippen LogP contribution >= 0.6 is 7.82 Å². The molecule has 3 N–H and O–H groups in total. The molecule has 0 aromatic rings. The first kappa shape index (κ1) is 60.0. The van der Waals surface area contributed by atoms with E-state index in [1.54, 1.807) is 0 Å². The van der Waals surface area contributed by atoms with Crippen LogP contribution in [0.4, 0.5) is 0 Å². The molecule has 0 amide bonds. The highest BCUT2D eigenvalue weighted by Gasteiger charge is 2.25. The van der Waals surface area contributed by atoms with Gasteiger partial charge in [-0.05, 0) is 44.9 Å². The number of hydrogen-bond acceptors (Lipinski definition) is 7. The van der Waals surface area contributed by atoms with Gasteiger partial charge in [-0.1, -0.05) is 237 Å². The summed E-state index contributed by atoms with van der Waals surface area (Å²) in [5.74, 6) is -0.329. The highest BCUT2D eigenvalue weighted by atomic mass is 31.2. The molecule has 0 fully saturated rings. The Labute approximate surface area is 378 Å². The number of esters is 1. The smallest absolute Gasteiger partial charge is 0.457 e. The predicted octanol–water partition coefficient (Wildman–Crippen LogP) is 16.4. The number of carbonyl (C=O) groups is 1. The van der Waals surface area contributed by atoms with Gasteiger partial charge in [0.05, 0.1) is 19.8 Å². The number of hydrogen-bond donors (Lipinski definition) is 2. The number of allylic oxidation sites excluding steroid dienone is 4. The minimum atomic E-state index is -4.28. The second-order valence-electron chi connectivity index (χ2n) is 17.7. The van der Waals surface area contributed by atoms with E-state index >= 15 is 0 Å². The Balaban J connectivity index is 3.91. The third kappa shape index (κ3) is 49.8. The largest absolute Gasteiger partial charge is 0.472 e. The third-order valence-electron chi connectivity index (χ3n) is 11.6. The summed E-state index contributed by atoms with van der Waals surface area (Å²) in [7, 11) is -4.28. The molecule has 0 spiro atoms. The first-order chi connectivity index (χ1) is 29.9. The second-order valence-corrected chi connectivity index (χ2v) is 19.2. The van der Waals surface area contributed by atoms with Gasteiger partial charge in [0.1, 0.15) is 6.10 Å². The molecule has 0 aromatic heterocycles. The fourth-order valence-corrected chi connectivity index (χ4v) is 8.50. The van der Waals surface area contributed by atoms with Crippen LogP contribution in [-0.2, 0) is 27.9 Å². The van der Waals surface area contributed by atoms with Crippen LogP contribution in [0.3, 0.4) is 0 Å². The molecule has 0 aliphatic carbocycles. The van der Waals surface area contributed by atoms with Gasteiger partial charge in [-0.25, -0.2) is 4.57 Å². The molecule has 0 saturated carbocycles. The summed E-state index contributed by atoms with van der Waals surface area (Å²) in [6.45, 7) is 4.97. The van der Waals surface area contributed by atoms with E-state index in [2.05, 4.69) is 38.2 Å². The van der Waals surface area contributed by atoms with Crippen molar-refractivity contribution in [3.8, 4) is 0 Å². The van der Waals surface area contributed by atoms with Crippen LogP contribution in [0.15, 0.2) is 24.3 Å². The summed E-state index contributed by atoms with van der Waals surface area (Å²) in [6.07, 6.45) is 57.8. The van der Waals surface area contributed by atoms with Gasteiger partial charge in [0.25, 0.3) is 0 Å². The minimum Gasteiger partial charge on any atom is -0.457 e. The Kier molecular flexibility index (Phi) is 49.2. The Bertz CT molecular complexity index is 993. The lowest BCUT2D eigenvalue weighted by Gasteiger charge is -2.20. The fraction of sp³-hybridized carbons (Fsp3) is 0.904. The lowest BCUT2D eigenvalue weighted by molar-refractivity contribution is -0.154. The molecule has 61 heavy (non-hydrogen) atoms. The van der Waals surface area contributed by atoms with E-state index < -0.39 is 13.9 Å². The molecule has 0 radical (unpaired) electrons. The number of carbonyl (C=O) groups excluding carboxylic acids is 1. The fourth-order valence-electron chi connectivity index (χ4n) is 7.74. The maximum absolute atomic E-state index is 12.7. The van der Waals surface area contributed by atoms with E-state index in [0.29, 0.717) is 13.0 Å². The summed E-state index contributed by atoms with van der Waals surface area (Å²) in [5.41, 5.74) is 5.39. The molecule has 0 aliphatic rings. The minimum absolute atomic E-state index is 0.0938. The highest BCUT2D eigenvalue weighted by Crippen LogP contribution is 2.43. The van der Waals surface area contributed by atoms with Crippen molar-refractivity contribution in [2.45, 2.75) is 270 Å². The SMILES string of the molecule is CCCCCCC/C=C\C/C=C\CCCCCCCCCCCC(=O)OC(COCCCCCCCCCCCCCCCCCCCCCCC)COP(=O)(O)OCCN. The molecule has 0 heterocycles. The zero-order valence-corrected chi connectivity index (χ0v) is 41.3. The molecule has 0 bridgehead atoms. The molecule has 362 valence electrons. The molecular weight excluding hydrogens is 782 g/mol. The van der Waals surface area contributed by atoms with Gasteiger partial charge in [-0.2, -0.15) is 0 Å². The topological polar surface area (TPSA) is 117 Å². The Morgan fingerprint density at radius 3 is 1.28 bits per heavy atom. The average Bonchev–Trinajstić information content (AvgIpc) is 3.25. The Morgan fingerprint density at radius 1 is 0.492 bits per heavy atom. The number of phosphoric acid groups is 1. The number of nitrogens with two attached hydrogens (primary N) is 1. The van der Waals surface area contributed by atoms with E-state index in [4.69, 9.17) is 24.3 Å². The summed E-state index contributed by atoms with van der Waals surface area (Å²) in [5, 5.41) is 0. The van der Waals surface area contributed by atoms with Gasteiger partial charge in [0, 0.05) is 19.6 Å². The summed E-state index contributed by atoms with van der Waals surface area (Å²) >= 11 is 0. The number of ether oxygens (including phenoxy) is 2. The van der Waals surface area contributed by atoms with Crippen molar-refractivity contribution < 1.29 is 32.8 Å². The molecule has 2 atom stereocenters. The Hall–Kier alpha value is -1.02. The Morgan fingerprint density at radius 2 is 0.869 bits per heavy atom. The van der Waals surface area contributed by atoms with Crippen LogP contribution in [0.25, 0.3) is 0 Å². The third-order valence-corrected chi connectivity index (χ3v) is 12.6. The number of unbranched alkanes of at least 4 members (excludes halogenated alkanes) is 34. The quantitative estimate of drug-likeness (QED) is 0.0268. The van der Waals surface area contributed by atoms with Crippen molar-refractivity contribution >= 4 is 13.8 Å². The molecule has 0 aromatic carbocycles. The van der Waals surface area contributed by atoms with Crippen molar-refractivity contribution in [2.24, 2.45) is 5.73 Å². The predicted molar refractivity (Wildman–Crippen MR) is 261 cm³/mol. The standard InChI is InChI=1S/C52H102NO7P/c1-3-5-7-9-11-13-15-17-19-21-23-25-27-29-31-33-35-37-39-41-43-45-52(54)60-51(50-59-61(55,56)58-48-46-53)49-57-47-44-42-40-38-36-34-32-30-28-26-24-22-20-18-16-14-12-10-8-6-4-2/h15,17,21,23,51H,3-14,16,18-20,22,24-50,53H2,1-2H3,(H,55,56)/b17-15-,23-21-. The van der Waals surface area contributed by atoms with Crippen LogP contribution in [-0.4, -0.2) is 49.9 Å². The van der Waals surface area contributed by atoms with Crippen LogP contribution in [0, 0.1) is 0 Å². The zero-order chi connectivity index (χ0) is 44.4. The van der Waals surface area contributed by atoms with Crippen molar-refractivity contribution in [1.29, 1.82) is 0 Å². The van der Waals surface area contributed by atoms with Crippen molar-refractivity contribution in [3.05, 3.63) is 24.3 Å². The van der Waals surface area contributed by atoms with E-state index in [9.17, 15) is 14.3 Å². The van der Waals surface area contributed by atoms with E-state index in [1.807, 2.05) is 0 Å². The molecule has 9 heteroatoms. The van der Waals surface area contributed by atoms with Gasteiger partial charge >= 0.3 is 13.8 Å².